The molecule has 1 aliphatic rings. The van der Waals surface area contributed by atoms with Crippen LogP contribution in [0.25, 0.3) is 11.2 Å². The molecule has 3 aromatic rings. The molecule has 0 aromatic carbocycles. The van der Waals surface area contributed by atoms with Gasteiger partial charge in [-0.1, -0.05) is 0 Å². The molecule has 0 radical (unpaired) electrons. The molecule has 0 spiro atoms. The normalized spacial score (nSPS) is 15.5. The third-order valence-corrected chi connectivity index (χ3v) is 3.80. The smallest absolute Gasteiger partial charge is 0.266 e. The molecule has 1 saturated heterocycles. The van der Waals surface area contributed by atoms with Crippen molar-refractivity contribution in [2.24, 2.45) is 0 Å². The van der Waals surface area contributed by atoms with E-state index in [2.05, 4.69) is 39.9 Å². The van der Waals surface area contributed by atoms with Crippen LogP contribution in [0.4, 0.5) is 11.5 Å². The molecule has 0 saturated carbocycles. The molecule has 9 heteroatoms. The maximum atomic E-state index is 11.4. The van der Waals surface area contributed by atoms with Crippen molar-refractivity contribution in [3.05, 3.63) is 35.3 Å². The van der Waals surface area contributed by atoms with Gasteiger partial charge in [-0.3, -0.25) is 4.79 Å². The Hall–Kier alpha value is -2.97. The fourth-order valence-corrected chi connectivity index (χ4v) is 2.71. The Labute approximate surface area is 125 Å². The molecule has 4 heterocycles. The first-order valence-corrected chi connectivity index (χ1v) is 7.00. The lowest BCUT2D eigenvalue weighted by molar-refractivity contribution is 0.646. The van der Waals surface area contributed by atoms with E-state index in [1.54, 1.807) is 18.6 Å². The molecule has 0 unspecified atom stereocenters. The van der Waals surface area contributed by atoms with Crippen molar-refractivity contribution < 1.29 is 0 Å². The summed E-state index contributed by atoms with van der Waals surface area (Å²) in [6.45, 7) is 3.20. The second kappa shape index (κ2) is 5.10. The summed E-state index contributed by atoms with van der Waals surface area (Å²) in [5.41, 5.74) is 2.19. The molecule has 0 bridgehead atoms. The third-order valence-electron chi connectivity index (χ3n) is 3.80. The number of nitrogens with zero attached hydrogens (tertiary/aromatic N) is 6. The Morgan fingerprint density at radius 3 is 2.68 bits per heavy atom. The average molecular weight is 298 g/mol. The van der Waals surface area contributed by atoms with E-state index in [-0.39, 0.29) is 5.56 Å². The summed E-state index contributed by atoms with van der Waals surface area (Å²) in [6, 6.07) is 1.57. The van der Waals surface area contributed by atoms with Gasteiger partial charge in [0.1, 0.15) is 11.8 Å². The van der Waals surface area contributed by atoms with E-state index in [0.29, 0.717) is 5.65 Å². The number of hydrogen-bond donors (Lipinski definition) is 2. The quantitative estimate of drug-likeness (QED) is 0.672. The van der Waals surface area contributed by atoms with Crippen LogP contribution in [0.2, 0.25) is 0 Å². The van der Waals surface area contributed by atoms with Gasteiger partial charge in [0, 0.05) is 32.2 Å². The monoisotopic (exact) mass is 298 g/mol. The lowest BCUT2D eigenvalue weighted by Gasteiger charge is -2.36. The number of fused-ring (bicyclic) bond motifs is 1. The van der Waals surface area contributed by atoms with Gasteiger partial charge in [0.25, 0.3) is 5.56 Å². The second-order valence-corrected chi connectivity index (χ2v) is 5.08. The maximum absolute atomic E-state index is 11.4. The van der Waals surface area contributed by atoms with Gasteiger partial charge in [-0.2, -0.15) is 5.10 Å². The molecule has 1 fully saturated rings. The molecule has 2 N–H and O–H groups in total. The predicted molar refractivity (Wildman–Crippen MR) is 81.0 cm³/mol. The van der Waals surface area contributed by atoms with E-state index in [9.17, 15) is 4.79 Å². The summed E-state index contributed by atoms with van der Waals surface area (Å²) in [4.78, 5) is 31.4. The number of rotatable bonds is 2. The predicted octanol–water partition coefficient (Wildman–Crippen LogP) is -0.237. The largest absolute Gasteiger partial charge is 0.367 e. The van der Waals surface area contributed by atoms with Crippen LogP contribution in [0.15, 0.2) is 29.7 Å². The van der Waals surface area contributed by atoms with Gasteiger partial charge in [0.15, 0.2) is 11.5 Å². The van der Waals surface area contributed by atoms with Crippen molar-refractivity contribution in [3.63, 3.8) is 0 Å². The number of hydrogen-bond acceptors (Lipinski definition) is 7. The summed E-state index contributed by atoms with van der Waals surface area (Å²) in [6.07, 6.45) is 4.83. The van der Waals surface area contributed by atoms with E-state index in [1.165, 1.54) is 6.33 Å². The van der Waals surface area contributed by atoms with Crippen molar-refractivity contribution in [2.45, 2.75) is 0 Å². The zero-order chi connectivity index (χ0) is 14.9. The first kappa shape index (κ1) is 12.7. The van der Waals surface area contributed by atoms with Gasteiger partial charge < -0.3 is 14.8 Å². The fraction of sp³-hybridized carbons (Fsp3) is 0.308. The SMILES string of the molecule is O=c1cc(N2CCN(c3ncnc4nc[nH]c34)CC2)cn[nH]1. The summed E-state index contributed by atoms with van der Waals surface area (Å²) >= 11 is 0. The number of nitrogens with one attached hydrogen (secondary N) is 2. The average Bonchev–Trinajstić information content (AvgIpc) is 3.04. The van der Waals surface area contributed by atoms with Crippen LogP contribution in [0.3, 0.4) is 0 Å². The molecule has 0 atom stereocenters. The van der Waals surface area contributed by atoms with Gasteiger partial charge >= 0.3 is 0 Å². The third kappa shape index (κ3) is 2.16. The van der Waals surface area contributed by atoms with Crippen molar-refractivity contribution in [1.82, 2.24) is 30.1 Å². The van der Waals surface area contributed by atoms with E-state index < -0.39 is 0 Å². The van der Waals surface area contributed by atoms with Crippen LogP contribution in [0.1, 0.15) is 0 Å². The molecule has 22 heavy (non-hydrogen) atoms. The number of aromatic nitrogens is 6. The van der Waals surface area contributed by atoms with Crippen LogP contribution in [0, 0.1) is 0 Å². The zero-order valence-corrected chi connectivity index (χ0v) is 11.7. The van der Waals surface area contributed by atoms with Gasteiger partial charge in [0.2, 0.25) is 0 Å². The van der Waals surface area contributed by atoms with Crippen molar-refractivity contribution >= 4 is 22.7 Å². The highest BCUT2D eigenvalue weighted by Crippen LogP contribution is 2.22. The fourth-order valence-electron chi connectivity index (χ4n) is 2.71. The van der Waals surface area contributed by atoms with Gasteiger partial charge in [-0.25, -0.2) is 20.1 Å². The molecule has 4 rings (SSSR count). The molecule has 9 nitrogen and oxygen atoms in total. The van der Waals surface area contributed by atoms with Crippen LogP contribution < -0.4 is 15.4 Å². The topological polar surface area (TPSA) is 107 Å². The van der Waals surface area contributed by atoms with Gasteiger partial charge in [-0.15, -0.1) is 0 Å². The maximum Gasteiger partial charge on any atom is 0.266 e. The highest BCUT2D eigenvalue weighted by Gasteiger charge is 2.21. The summed E-state index contributed by atoms with van der Waals surface area (Å²) in [7, 11) is 0. The van der Waals surface area contributed by atoms with Crippen molar-refractivity contribution in [1.29, 1.82) is 0 Å². The first-order chi connectivity index (χ1) is 10.8. The Balaban J connectivity index is 1.54. The van der Waals surface area contributed by atoms with E-state index >= 15 is 0 Å². The van der Waals surface area contributed by atoms with Crippen LogP contribution in [0.5, 0.6) is 0 Å². The van der Waals surface area contributed by atoms with E-state index in [0.717, 1.165) is 43.2 Å². The highest BCUT2D eigenvalue weighted by atomic mass is 16.1. The van der Waals surface area contributed by atoms with Crippen LogP contribution >= 0.6 is 0 Å². The van der Waals surface area contributed by atoms with Gasteiger partial charge in [-0.05, 0) is 0 Å². The number of aromatic amines is 2. The number of imidazole rings is 1. The summed E-state index contributed by atoms with van der Waals surface area (Å²) in [5.74, 6) is 0.867. The summed E-state index contributed by atoms with van der Waals surface area (Å²) in [5, 5.41) is 6.24. The minimum absolute atomic E-state index is 0.185. The molecule has 0 aliphatic carbocycles. The number of anilines is 2. The van der Waals surface area contributed by atoms with Crippen molar-refractivity contribution in [2.75, 3.05) is 36.0 Å². The highest BCUT2D eigenvalue weighted by molar-refractivity contribution is 5.82. The Bertz CT molecular complexity index is 848. The molecular formula is C13H14N8O. The lowest BCUT2D eigenvalue weighted by atomic mass is 10.2. The van der Waals surface area contributed by atoms with Crippen LogP contribution in [-0.4, -0.2) is 56.3 Å². The standard InChI is InChI=1S/C13H14N8O/c22-10-5-9(6-18-19-10)20-1-3-21(4-2-20)13-11-12(15-7-14-11)16-8-17-13/h5-8H,1-4H2,(H,19,22)(H,14,15,16,17). The first-order valence-electron chi connectivity index (χ1n) is 7.00. The molecule has 3 aromatic heterocycles. The van der Waals surface area contributed by atoms with Gasteiger partial charge in [0.05, 0.1) is 18.2 Å². The molecule has 1 aliphatic heterocycles. The second-order valence-electron chi connectivity index (χ2n) is 5.08. The Morgan fingerprint density at radius 2 is 1.86 bits per heavy atom. The molecule has 112 valence electrons. The van der Waals surface area contributed by atoms with Crippen LogP contribution in [-0.2, 0) is 0 Å². The zero-order valence-electron chi connectivity index (χ0n) is 11.7. The number of piperazine rings is 1. The molecular weight excluding hydrogens is 284 g/mol. The van der Waals surface area contributed by atoms with Crippen molar-refractivity contribution in [3.8, 4) is 0 Å². The Morgan fingerprint density at radius 1 is 1.05 bits per heavy atom. The van der Waals surface area contributed by atoms with E-state index in [1.807, 2.05) is 0 Å². The summed E-state index contributed by atoms with van der Waals surface area (Å²) < 4.78 is 0. The lowest BCUT2D eigenvalue weighted by Crippen LogP contribution is -2.47. The number of H-pyrrole nitrogens is 2. The molecule has 0 amide bonds. The Kier molecular flexibility index (Phi) is 2.95. The van der Waals surface area contributed by atoms with E-state index in [4.69, 9.17) is 0 Å². The minimum Gasteiger partial charge on any atom is -0.367 e. The minimum atomic E-state index is -0.185.